The van der Waals surface area contributed by atoms with Gasteiger partial charge in [0.2, 0.25) is 58.8 Å². The second-order valence-corrected chi connectivity index (χ2v) is 33.6. The minimum absolute atomic E-state index is 0.00219. The van der Waals surface area contributed by atoms with Crippen molar-refractivity contribution in [3.63, 3.8) is 0 Å². The molecule has 0 saturated carbocycles. The number of hydrogen-bond acceptors (Lipinski definition) is 19. The first kappa shape index (κ1) is 107. The molecule has 11 amide bonds. The lowest BCUT2D eigenvalue weighted by Crippen LogP contribution is -2.64. The van der Waals surface area contributed by atoms with Crippen molar-refractivity contribution in [2.24, 2.45) is 35.5 Å². The van der Waals surface area contributed by atoms with Crippen LogP contribution in [0.15, 0.2) is 72.8 Å². The van der Waals surface area contributed by atoms with E-state index in [2.05, 4.69) is 53.2 Å². The van der Waals surface area contributed by atoms with Crippen LogP contribution in [0.5, 0.6) is 17.2 Å². The number of carbonyl (C=O) groups excluding carboxylic acids is 12. The molecule has 3 aliphatic heterocycles. The molecule has 16 N–H and O–H groups in total. The van der Waals surface area contributed by atoms with Crippen LogP contribution in [0.25, 0.3) is 0 Å². The molecule has 0 spiro atoms. The zero-order valence-corrected chi connectivity index (χ0v) is 73.4. The number of rotatable bonds is 18. The second kappa shape index (κ2) is 46.0. The molecule has 45 heteroatoms. The predicted octanol–water partition coefficient (Wildman–Crippen LogP) is 6.65. The maximum absolute atomic E-state index is 14.7. The maximum atomic E-state index is 14.7. The summed E-state index contributed by atoms with van der Waals surface area (Å²) >= 11 is 0. The summed E-state index contributed by atoms with van der Waals surface area (Å²) in [4.78, 5) is 160. The lowest BCUT2D eigenvalue weighted by atomic mass is 9.89. The highest BCUT2D eigenvalue weighted by atomic mass is 19.2. The van der Waals surface area contributed by atoms with Crippen molar-refractivity contribution in [1.82, 2.24) is 58.1 Å². The van der Waals surface area contributed by atoms with Crippen LogP contribution in [0.2, 0.25) is 0 Å². The summed E-state index contributed by atoms with van der Waals surface area (Å²) in [7, 11) is 1.30. The van der Waals surface area contributed by atoms with E-state index >= 15 is 0 Å². The van der Waals surface area contributed by atoms with Crippen LogP contribution in [0.3, 0.4) is 0 Å². The molecule has 0 bridgehead atoms. The summed E-state index contributed by atoms with van der Waals surface area (Å²) in [5.74, 6) is -51.8. The van der Waals surface area contributed by atoms with Crippen molar-refractivity contribution in [2.75, 3.05) is 7.05 Å². The predicted molar refractivity (Wildman–Crippen MR) is 439 cm³/mol. The van der Waals surface area contributed by atoms with Crippen molar-refractivity contribution < 1.29 is 159 Å². The Balaban J connectivity index is 0.000000272. The van der Waals surface area contributed by atoms with Gasteiger partial charge in [-0.15, -0.1) is 0 Å². The van der Waals surface area contributed by atoms with Gasteiger partial charge in [-0.25, -0.2) is 65.9 Å². The smallest absolute Gasteiger partial charge is 0.312 e. The Hall–Kier alpha value is -12.8. The van der Waals surface area contributed by atoms with E-state index in [1.165, 1.54) is 114 Å². The number of amides is 11. The average molecular weight is 1900 g/mol. The van der Waals surface area contributed by atoms with Crippen LogP contribution >= 0.6 is 0 Å². The third-order valence-corrected chi connectivity index (χ3v) is 22.3. The number of para-hydroxylation sites is 3. The fourth-order valence-electron chi connectivity index (χ4n) is 14.6. The summed E-state index contributed by atoms with van der Waals surface area (Å²) in [5.41, 5.74) is -4.86. The van der Waals surface area contributed by atoms with Gasteiger partial charge in [0, 0.05) is 43.0 Å². The summed E-state index contributed by atoms with van der Waals surface area (Å²) in [5, 5.41) is 87.7. The molecule has 9 rings (SSSR count). The Kier molecular flexibility index (Phi) is 37.1. The number of hydrogen-bond donors (Lipinski definition) is 16. The number of esters is 1. The Labute approximate surface area is 750 Å². The fourth-order valence-corrected chi connectivity index (χ4v) is 14.6. The summed E-state index contributed by atoms with van der Waals surface area (Å²) < 4.78 is 218. The molecule has 0 aliphatic carbocycles. The Bertz CT molecular complexity index is 5080. The number of cyclic esters (lactones) is 1. The van der Waals surface area contributed by atoms with Gasteiger partial charge in [0.1, 0.15) is 47.5 Å². The number of nitrogens with zero attached hydrogens (tertiary/aromatic N) is 1. The van der Waals surface area contributed by atoms with Crippen molar-refractivity contribution >= 4 is 70.9 Å². The molecule has 6 aromatic carbocycles. The summed E-state index contributed by atoms with van der Waals surface area (Å²) in [6, 6.07) is -0.678. The third kappa shape index (κ3) is 25.7. The van der Waals surface area contributed by atoms with E-state index in [0.29, 0.717) is 0 Å². The van der Waals surface area contributed by atoms with Gasteiger partial charge in [-0.2, -0.15) is 0 Å². The fraction of sp³-hybridized carbons (Fsp3) is 0.455. The number of aliphatic hydroxyl groups is 3. The van der Waals surface area contributed by atoms with Crippen LogP contribution in [-0.4, -0.2) is 204 Å². The molecule has 0 radical (unpaired) electrons. The highest BCUT2D eigenvalue weighted by molar-refractivity contribution is 6.02. The standard InChI is InChI=1S/C30H35F5N4O6.C29H33F5N4O6.C29H32F5N3O7/c1-12(2)10-18-28(43)36-14(4)25(38-27(42)15-8-6-7-9-19(15)40)29(44)37-17(26(41)13(3)30(45)39(18)5)11-16-20(31)22(33)24(35)23(34)21(16)32;1-11(2)9-17-28(43)35-13(4)24(38-27(42)14-7-5-6-8-18(14)39)29(44)36-16(25(40)12(3)26(41)37-17)10-15-19(30)21(32)23(34)22(33)20(15)31;1-11(2)9-18-27(41)35-13(4)24(37-26(40)14-7-5-6-8-17(14)38)28(42)36-16(25(39)12(3)29(43)44-18)10-15-19(30)21(32)23(34)22(33)20(15)31/h6-9,12-14,17-18,25-26,40-41H,10-11H2,1-5H3,(H,36,43)(H,37,44)(H,38,42);5-8,11-13,16-17,24-25,39-40H,9-10H2,1-4H3,(H,35,43)(H,36,44)(H,37,41)(H,38,42);5-8,11-13,16,18,24-25,38-39H,9-10H2,1-4H3,(H,35,41)(H,36,42)(H,37,40)/t13-,14-,17+,18?,25+,26+;12-,13-,16+,17?,24+,25+;12-,13-,16+,18?,24+,25+/m111/s1. The molecule has 18 atom stereocenters. The average Bonchev–Trinajstić information content (AvgIpc) is 0.792. The number of benzene rings is 6. The van der Waals surface area contributed by atoms with E-state index in [9.17, 15) is 154 Å². The normalized spacial score (nSPS) is 24.9. The molecule has 6 aromatic rings. The third-order valence-electron chi connectivity index (χ3n) is 22.3. The maximum Gasteiger partial charge on any atom is 0.312 e. The first-order valence-electron chi connectivity index (χ1n) is 41.5. The minimum atomic E-state index is -2.42. The van der Waals surface area contributed by atoms with Crippen LogP contribution in [0.1, 0.15) is 150 Å². The molecule has 3 unspecified atom stereocenters. The molecule has 3 heterocycles. The number of aliphatic hydroxyl groups excluding tert-OH is 3. The van der Waals surface area contributed by atoms with E-state index in [0.717, 1.165) is 11.8 Å². The first-order chi connectivity index (χ1) is 62.1. The Morgan fingerprint density at radius 3 is 0.940 bits per heavy atom. The topological polar surface area (TPSA) is 459 Å². The van der Waals surface area contributed by atoms with E-state index in [1.807, 2.05) is 0 Å². The van der Waals surface area contributed by atoms with E-state index in [1.54, 1.807) is 41.5 Å². The van der Waals surface area contributed by atoms with Crippen LogP contribution in [0.4, 0.5) is 65.9 Å². The molecule has 0 aromatic heterocycles. The zero-order valence-electron chi connectivity index (χ0n) is 73.4. The van der Waals surface area contributed by atoms with Gasteiger partial charge in [0.05, 0.1) is 89.0 Å². The van der Waals surface area contributed by atoms with Gasteiger partial charge in [-0.05, 0) is 101 Å². The van der Waals surface area contributed by atoms with E-state index in [-0.39, 0.29) is 53.7 Å². The molecule has 3 fully saturated rings. The molecular weight excluding hydrogens is 1800 g/mol. The first-order valence-corrected chi connectivity index (χ1v) is 41.5. The molecule has 3 saturated heterocycles. The Morgan fingerprint density at radius 2 is 0.632 bits per heavy atom. The monoisotopic (exact) mass is 1900 g/mol. The number of phenolic OH excluding ortho intramolecular Hbond substituents is 3. The van der Waals surface area contributed by atoms with Gasteiger partial charge in [0.15, 0.2) is 75.9 Å². The molecular formula is C88H100F15N11O19. The SMILES string of the molecule is CC(C)CC1C(=O)N[C@H](C)[C@H](NC(=O)c2ccccc2O)C(=O)N[C@@H](Cc2c(F)c(F)c(F)c(F)c2F)[C@@H](O)[C@@H](C)C(=O)N1C.CC(C)CC1NC(=O)[C@H](C)[C@H](O)[C@H](Cc2c(F)c(F)c(F)c(F)c2F)NC(=O)[C@@H](NC(=O)c2ccccc2O)[C@@H](C)NC1=O.CC(C)CC1OC(=O)[C@H](C)[C@H](O)[C@H](Cc2c(F)c(F)c(F)c(F)c2F)NC(=O)[C@@H](NC(=O)c2ccccc2O)[C@@H](C)NC1=O. The van der Waals surface area contributed by atoms with E-state index in [4.69, 9.17) is 4.74 Å². The molecule has 726 valence electrons. The van der Waals surface area contributed by atoms with Crippen LogP contribution in [-0.2, 0) is 67.2 Å². The highest BCUT2D eigenvalue weighted by Crippen LogP contribution is 2.33. The second-order valence-electron chi connectivity index (χ2n) is 33.6. The van der Waals surface area contributed by atoms with Crippen molar-refractivity contribution in [2.45, 2.75) is 212 Å². The minimum Gasteiger partial charge on any atom is -0.507 e. The number of halogens is 15. The van der Waals surface area contributed by atoms with Gasteiger partial charge in [0.25, 0.3) is 23.6 Å². The van der Waals surface area contributed by atoms with Crippen molar-refractivity contribution in [3.8, 4) is 17.2 Å². The molecule has 133 heavy (non-hydrogen) atoms. The highest BCUT2D eigenvalue weighted by Gasteiger charge is 2.46. The van der Waals surface area contributed by atoms with Crippen LogP contribution < -0.4 is 53.2 Å². The van der Waals surface area contributed by atoms with Gasteiger partial charge in [-0.3, -0.25) is 57.5 Å². The number of likely N-dealkylation sites (N-methyl/N-ethyl adjacent to an activating group) is 1. The van der Waals surface area contributed by atoms with Gasteiger partial charge >= 0.3 is 5.97 Å². The summed E-state index contributed by atoms with van der Waals surface area (Å²) in [6.07, 6.45) is -10.7. The van der Waals surface area contributed by atoms with Crippen LogP contribution in [0, 0.1) is 123 Å². The molecule has 30 nitrogen and oxygen atoms in total. The lowest BCUT2D eigenvalue weighted by Gasteiger charge is -2.37. The largest absolute Gasteiger partial charge is 0.507 e. The summed E-state index contributed by atoms with van der Waals surface area (Å²) in [6.45, 7) is 18.0. The number of phenols is 3. The van der Waals surface area contributed by atoms with Gasteiger partial charge in [-0.1, -0.05) is 91.8 Å². The van der Waals surface area contributed by atoms with E-state index < -0.39 is 320 Å². The lowest BCUT2D eigenvalue weighted by molar-refractivity contribution is -0.165. The zero-order chi connectivity index (χ0) is 100.0. The number of ether oxygens (including phenoxy) is 1. The van der Waals surface area contributed by atoms with Gasteiger partial charge < -0.3 is 93.4 Å². The van der Waals surface area contributed by atoms with Crippen molar-refractivity contribution in [3.05, 3.63) is 193 Å². The Morgan fingerprint density at radius 1 is 0.353 bits per heavy atom. The van der Waals surface area contributed by atoms with Crippen molar-refractivity contribution in [1.29, 1.82) is 0 Å². The number of aromatic hydroxyl groups is 3. The quantitative estimate of drug-likeness (QED) is 0.0185. The molecule has 3 aliphatic rings. The number of carbonyl (C=O) groups is 12. The number of nitrogens with one attached hydrogen (secondary N) is 10.